The molecule has 0 unspecified atom stereocenters. The maximum atomic E-state index is 11.0. The van der Waals surface area contributed by atoms with Crippen LogP contribution in [-0.4, -0.2) is 23.2 Å². The Morgan fingerprint density at radius 3 is 2.47 bits per heavy atom. The topological polar surface area (TPSA) is 72.6 Å². The van der Waals surface area contributed by atoms with Gasteiger partial charge in [-0.05, 0) is 44.0 Å². The minimum absolute atomic E-state index is 0.0529. The first-order valence-electron chi connectivity index (χ1n) is 5.80. The molecule has 5 heteroatoms. The molecule has 100 valence electrons. The molecule has 1 aromatic heterocycles. The van der Waals surface area contributed by atoms with E-state index in [-0.39, 0.29) is 5.69 Å². The maximum absolute atomic E-state index is 11.0. The molecule has 0 fully saturated rings. The second kappa shape index (κ2) is 4.76. The van der Waals surface area contributed by atoms with Crippen LogP contribution in [0.4, 0.5) is 0 Å². The summed E-state index contributed by atoms with van der Waals surface area (Å²) < 4.78 is 10.7. The van der Waals surface area contributed by atoms with Crippen molar-refractivity contribution in [1.82, 2.24) is 4.98 Å². The molecule has 5 nitrogen and oxygen atoms in total. The van der Waals surface area contributed by atoms with Crippen LogP contribution in [0.1, 0.15) is 27.4 Å². The highest BCUT2D eigenvalue weighted by atomic mass is 16.5. The molecule has 0 radical (unpaired) electrons. The second-order valence-corrected chi connectivity index (χ2v) is 4.37. The number of methoxy groups -OCH3 is 1. The van der Waals surface area contributed by atoms with Gasteiger partial charge in [-0.25, -0.2) is 9.78 Å². The molecule has 0 amide bonds. The molecule has 0 atom stereocenters. The van der Waals surface area contributed by atoms with Gasteiger partial charge in [-0.15, -0.1) is 0 Å². The molecule has 1 heterocycles. The molecular formula is C14H15NO4. The fourth-order valence-corrected chi connectivity index (χ4v) is 1.95. The number of hydrogen-bond donors (Lipinski definition) is 1. The van der Waals surface area contributed by atoms with Crippen LogP contribution >= 0.6 is 0 Å². The largest absolute Gasteiger partial charge is 0.496 e. The molecular weight excluding hydrogens is 246 g/mol. The SMILES string of the molecule is COc1cc(C)c(-c2nc(C(=O)O)c(C)o2)cc1C. The monoisotopic (exact) mass is 261 g/mol. The number of carboxylic acids is 1. The van der Waals surface area contributed by atoms with E-state index in [2.05, 4.69) is 4.98 Å². The van der Waals surface area contributed by atoms with E-state index >= 15 is 0 Å². The lowest BCUT2D eigenvalue weighted by Gasteiger charge is -2.08. The lowest BCUT2D eigenvalue weighted by Crippen LogP contribution is -1.98. The van der Waals surface area contributed by atoms with Gasteiger partial charge in [0.25, 0.3) is 0 Å². The highest BCUT2D eigenvalue weighted by Crippen LogP contribution is 2.30. The first-order chi connectivity index (χ1) is 8.93. The first kappa shape index (κ1) is 13.1. The molecule has 19 heavy (non-hydrogen) atoms. The van der Waals surface area contributed by atoms with Crippen LogP contribution in [0.5, 0.6) is 5.75 Å². The third-order valence-electron chi connectivity index (χ3n) is 2.97. The van der Waals surface area contributed by atoms with Crippen LogP contribution in [0.25, 0.3) is 11.5 Å². The molecule has 1 N–H and O–H groups in total. The highest BCUT2D eigenvalue weighted by Gasteiger charge is 2.18. The standard InChI is InChI=1S/C14H15NO4/c1-7-6-11(18-4)8(2)5-10(7)13-15-12(14(16)17)9(3)19-13/h5-6H,1-4H3,(H,16,17). The zero-order chi connectivity index (χ0) is 14.2. The number of carboxylic acid groups (broad SMARTS) is 1. The Morgan fingerprint density at radius 1 is 1.26 bits per heavy atom. The lowest BCUT2D eigenvalue weighted by atomic mass is 10.0. The minimum Gasteiger partial charge on any atom is -0.496 e. The number of aromatic carboxylic acids is 1. The fourth-order valence-electron chi connectivity index (χ4n) is 1.95. The lowest BCUT2D eigenvalue weighted by molar-refractivity contribution is 0.0689. The average Bonchev–Trinajstić information content (AvgIpc) is 2.73. The first-order valence-corrected chi connectivity index (χ1v) is 5.80. The van der Waals surface area contributed by atoms with Crippen LogP contribution < -0.4 is 4.74 Å². The molecule has 0 bridgehead atoms. The van der Waals surface area contributed by atoms with E-state index in [9.17, 15) is 4.79 Å². The van der Waals surface area contributed by atoms with Crippen molar-refractivity contribution < 1.29 is 19.1 Å². The number of aryl methyl sites for hydroxylation is 3. The van der Waals surface area contributed by atoms with Gasteiger partial charge in [-0.3, -0.25) is 0 Å². The van der Waals surface area contributed by atoms with Gasteiger partial charge in [0.1, 0.15) is 11.5 Å². The third-order valence-corrected chi connectivity index (χ3v) is 2.97. The molecule has 2 rings (SSSR count). The van der Waals surface area contributed by atoms with Crippen molar-refractivity contribution >= 4 is 5.97 Å². The van der Waals surface area contributed by atoms with E-state index in [0.717, 1.165) is 22.4 Å². The van der Waals surface area contributed by atoms with Gasteiger partial charge >= 0.3 is 5.97 Å². The van der Waals surface area contributed by atoms with Gasteiger partial charge in [0.05, 0.1) is 7.11 Å². The number of benzene rings is 1. The van der Waals surface area contributed by atoms with Crippen molar-refractivity contribution in [2.24, 2.45) is 0 Å². The van der Waals surface area contributed by atoms with Crippen LogP contribution in [0.15, 0.2) is 16.5 Å². The molecule has 1 aromatic carbocycles. The zero-order valence-electron chi connectivity index (χ0n) is 11.3. The summed E-state index contributed by atoms with van der Waals surface area (Å²) in [6, 6.07) is 3.76. The number of ether oxygens (including phenoxy) is 1. The molecule has 0 spiro atoms. The van der Waals surface area contributed by atoms with E-state index in [1.54, 1.807) is 14.0 Å². The van der Waals surface area contributed by atoms with Crippen LogP contribution in [0, 0.1) is 20.8 Å². The van der Waals surface area contributed by atoms with Gasteiger partial charge in [0.2, 0.25) is 5.89 Å². The summed E-state index contributed by atoms with van der Waals surface area (Å²) in [6.07, 6.45) is 0. The van der Waals surface area contributed by atoms with Gasteiger partial charge < -0.3 is 14.3 Å². The van der Waals surface area contributed by atoms with Gasteiger partial charge in [0.15, 0.2) is 5.69 Å². The Morgan fingerprint density at radius 2 is 1.95 bits per heavy atom. The number of aromatic nitrogens is 1. The number of rotatable bonds is 3. The zero-order valence-corrected chi connectivity index (χ0v) is 11.3. The summed E-state index contributed by atoms with van der Waals surface area (Å²) in [6.45, 7) is 5.40. The second-order valence-electron chi connectivity index (χ2n) is 4.37. The Labute approximate surface area is 110 Å². The molecule has 0 aliphatic rings. The van der Waals surface area contributed by atoms with E-state index in [1.165, 1.54) is 0 Å². The predicted octanol–water partition coefficient (Wildman–Crippen LogP) is 2.97. The summed E-state index contributed by atoms with van der Waals surface area (Å²) >= 11 is 0. The normalized spacial score (nSPS) is 10.5. The predicted molar refractivity (Wildman–Crippen MR) is 69.7 cm³/mol. The summed E-state index contributed by atoms with van der Waals surface area (Å²) in [4.78, 5) is 15.0. The molecule has 0 saturated carbocycles. The number of hydrogen-bond acceptors (Lipinski definition) is 4. The molecule has 0 aliphatic carbocycles. The molecule has 2 aromatic rings. The Balaban J connectivity index is 2.56. The summed E-state index contributed by atoms with van der Waals surface area (Å²) in [5, 5.41) is 8.99. The van der Waals surface area contributed by atoms with Crippen LogP contribution in [-0.2, 0) is 0 Å². The van der Waals surface area contributed by atoms with E-state index in [1.807, 2.05) is 26.0 Å². The Kier molecular flexibility index (Phi) is 3.29. The number of nitrogens with zero attached hydrogens (tertiary/aromatic N) is 1. The van der Waals surface area contributed by atoms with Gasteiger partial charge in [0, 0.05) is 5.56 Å². The summed E-state index contributed by atoms with van der Waals surface area (Å²) in [7, 11) is 1.61. The minimum atomic E-state index is -1.09. The summed E-state index contributed by atoms with van der Waals surface area (Å²) in [5.74, 6) is 0.312. The average molecular weight is 261 g/mol. The van der Waals surface area contributed by atoms with Crippen molar-refractivity contribution in [1.29, 1.82) is 0 Å². The van der Waals surface area contributed by atoms with Crippen LogP contribution in [0.3, 0.4) is 0 Å². The number of oxazole rings is 1. The van der Waals surface area contributed by atoms with Crippen molar-refractivity contribution in [3.8, 4) is 17.2 Å². The molecule has 0 saturated heterocycles. The van der Waals surface area contributed by atoms with E-state index in [4.69, 9.17) is 14.3 Å². The number of carbonyl (C=O) groups is 1. The quantitative estimate of drug-likeness (QED) is 0.919. The van der Waals surface area contributed by atoms with Crippen LogP contribution in [0.2, 0.25) is 0 Å². The van der Waals surface area contributed by atoms with Crippen molar-refractivity contribution in [3.63, 3.8) is 0 Å². The third kappa shape index (κ3) is 2.31. The van der Waals surface area contributed by atoms with Crippen molar-refractivity contribution in [3.05, 3.63) is 34.7 Å². The summed E-state index contributed by atoms with van der Waals surface area (Å²) in [5.41, 5.74) is 2.58. The maximum Gasteiger partial charge on any atom is 0.358 e. The van der Waals surface area contributed by atoms with Gasteiger partial charge in [-0.2, -0.15) is 0 Å². The van der Waals surface area contributed by atoms with Crippen molar-refractivity contribution in [2.75, 3.05) is 7.11 Å². The fraction of sp³-hybridized carbons (Fsp3) is 0.286. The van der Waals surface area contributed by atoms with Crippen molar-refractivity contribution in [2.45, 2.75) is 20.8 Å². The van der Waals surface area contributed by atoms with E-state index in [0.29, 0.717) is 11.7 Å². The van der Waals surface area contributed by atoms with E-state index < -0.39 is 5.97 Å². The Hall–Kier alpha value is -2.30. The Bertz CT molecular complexity index is 643. The molecule has 0 aliphatic heterocycles. The smallest absolute Gasteiger partial charge is 0.358 e. The highest BCUT2D eigenvalue weighted by molar-refractivity contribution is 5.87. The van der Waals surface area contributed by atoms with Gasteiger partial charge in [-0.1, -0.05) is 0 Å².